The molecule has 2 aromatic carbocycles. The molecule has 7 nitrogen and oxygen atoms in total. The molecule has 162 valence electrons. The van der Waals surface area contributed by atoms with Crippen LogP contribution < -0.4 is 19.9 Å². The number of aryl methyl sites for hydroxylation is 1. The van der Waals surface area contributed by atoms with Gasteiger partial charge >= 0.3 is 0 Å². The smallest absolute Gasteiger partial charge is 0.229 e. The molecule has 0 aliphatic carbocycles. The lowest BCUT2D eigenvalue weighted by Gasteiger charge is -2.20. The minimum absolute atomic E-state index is 0.0673. The van der Waals surface area contributed by atoms with Gasteiger partial charge in [-0.2, -0.15) is 0 Å². The first-order chi connectivity index (χ1) is 14.9. The van der Waals surface area contributed by atoms with Crippen molar-refractivity contribution >= 4 is 50.7 Å². The number of methoxy groups -OCH3 is 1. The van der Waals surface area contributed by atoms with E-state index in [1.54, 1.807) is 35.1 Å². The molecule has 2 fully saturated rings. The molecule has 1 N–H and O–H groups in total. The van der Waals surface area contributed by atoms with E-state index in [2.05, 4.69) is 21.2 Å². The third-order valence-corrected chi connectivity index (χ3v) is 6.65. The van der Waals surface area contributed by atoms with Crippen molar-refractivity contribution < 1.29 is 19.1 Å². The highest BCUT2D eigenvalue weighted by Crippen LogP contribution is 2.34. The Morgan fingerprint density at radius 3 is 2.61 bits per heavy atom. The summed E-state index contributed by atoms with van der Waals surface area (Å²) in [5, 5.41) is 2.89. The highest BCUT2D eigenvalue weighted by molar-refractivity contribution is 9.10. The molecular formula is C23H24BrN3O4. The van der Waals surface area contributed by atoms with E-state index >= 15 is 0 Å². The molecule has 3 amide bonds. The van der Waals surface area contributed by atoms with Gasteiger partial charge < -0.3 is 19.9 Å². The number of anilines is 3. The van der Waals surface area contributed by atoms with Gasteiger partial charge in [-0.05, 0) is 49.2 Å². The summed E-state index contributed by atoms with van der Waals surface area (Å²) in [7, 11) is 1.54. The van der Waals surface area contributed by atoms with E-state index in [9.17, 15) is 14.4 Å². The Morgan fingerprint density at radius 1 is 1.13 bits per heavy atom. The van der Waals surface area contributed by atoms with Gasteiger partial charge in [0.05, 0.1) is 18.7 Å². The Kier molecular flexibility index (Phi) is 6.00. The molecule has 2 saturated heterocycles. The first-order valence-electron chi connectivity index (χ1n) is 10.2. The number of halogens is 1. The summed E-state index contributed by atoms with van der Waals surface area (Å²) in [5.74, 6) is -0.119. The quantitative estimate of drug-likeness (QED) is 0.696. The number of carbonyl (C=O) groups excluding carboxylic acids is 3. The van der Waals surface area contributed by atoms with Crippen molar-refractivity contribution in [1.82, 2.24) is 0 Å². The molecule has 0 spiro atoms. The fourth-order valence-corrected chi connectivity index (χ4v) is 4.30. The van der Waals surface area contributed by atoms with Crippen LogP contribution in [0.25, 0.3) is 0 Å². The average molecular weight is 486 g/mol. The lowest BCUT2D eigenvalue weighted by molar-refractivity contribution is -0.122. The van der Waals surface area contributed by atoms with Crippen LogP contribution in [0.15, 0.2) is 40.9 Å². The summed E-state index contributed by atoms with van der Waals surface area (Å²) in [4.78, 5) is 40.8. The van der Waals surface area contributed by atoms with E-state index in [1.165, 1.54) is 0 Å². The molecule has 0 aromatic heterocycles. The number of nitrogens with zero attached hydrogens (tertiary/aromatic N) is 2. The average Bonchev–Trinajstić information content (AvgIpc) is 3.35. The fourth-order valence-electron chi connectivity index (χ4n) is 4.06. The van der Waals surface area contributed by atoms with Crippen LogP contribution in [-0.4, -0.2) is 37.9 Å². The molecule has 1 atom stereocenters. The summed E-state index contributed by atoms with van der Waals surface area (Å²) >= 11 is 3.47. The van der Waals surface area contributed by atoms with E-state index in [-0.39, 0.29) is 24.1 Å². The van der Waals surface area contributed by atoms with Crippen molar-refractivity contribution in [2.24, 2.45) is 5.92 Å². The van der Waals surface area contributed by atoms with Crippen LogP contribution in [0.3, 0.4) is 0 Å². The molecule has 2 aromatic rings. The maximum Gasteiger partial charge on any atom is 0.229 e. The zero-order valence-electron chi connectivity index (χ0n) is 17.5. The molecule has 8 heteroatoms. The Balaban J connectivity index is 1.46. The van der Waals surface area contributed by atoms with Crippen LogP contribution in [0.1, 0.15) is 24.8 Å². The fraction of sp³-hybridized carbons (Fsp3) is 0.348. The van der Waals surface area contributed by atoms with Crippen LogP contribution in [0, 0.1) is 12.8 Å². The van der Waals surface area contributed by atoms with Gasteiger partial charge in [-0.25, -0.2) is 0 Å². The van der Waals surface area contributed by atoms with E-state index in [4.69, 9.17) is 4.74 Å². The lowest BCUT2D eigenvalue weighted by atomic mass is 10.1. The second-order valence-corrected chi connectivity index (χ2v) is 8.72. The molecule has 0 saturated carbocycles. The molecule has 1 unspecified atom stereocenters. The van der Waals surface area contributed by atoms with Gasteiger partial charge in [0.1, 0.15) is 5.75 Å². The third-order valence-electron chi connectivity index (χ3n) is 5.76. The summed E-state index contributed by atoms with van der Waals surface area (Å²) in [5.41, 5.74) is 3.10. The summed E-state index contributed by atoms with van der Waals surface area (Å²) in [6.45, 7) is 2.96. The molecule has 4 rings (SSSR count). The van der Waals surface area contributed by atoms with Crippen molar-refractivity contribution in [1.29, 1.82) is 0 Å². The second-order valence-electron chi connectivity index (χ2n) is 7.86. The number of amides is 3. The summed E-state index contributed by atoms with van der Waals surface area (Å²) < 4.78 is 6.43. The van der Waals surface area contributed by atoms with Gasteiger partial charge in [0, 0.05) is 47.8 Å². The number of hydrogen-bond acceptors (Lipinski definition) is 4. The number of ether oxygens (including phenoxy) is 1. The number of hydrogen-bond donors (Lipinski definition) is 1. The minimum Gasteiger partial charge on any atom is -0.494 e. The molecule has 2 aliphatic heterocycles. The SMILES string of the molecule is COc1cc(NC(=O)C2CC(=O)N(c3ccc(Br)c(C)c3)C2)ccc1N1CCCC1=O. The Hall–Kier alpha value is -2.87. The monoisotopic (exact) mass is 485 g/mol. The van der Waals surface area contributed by atoms with Gasteiger partial charge in [-0.3, -0.25) is 14.4 Å². The van der Waals surface area contributed by atoms with Crippen molar-refractivity contribution in [2.75, 3.05) is 35.3 Å². The second kappa shape index (κ2) is 8.70. The molecule has 2 aliphatic rings. The lowest BCUT2D eigenvalue weighted by Crippen LogP contribution is -2.28. The van der Waals surface area contributed by atoms with Crippen LogP contribution in [-0.2, 0) is 14.4 Å². The zero-order valence-corrected chi connectivity index (χ0v) is 19.1. The Morgan fingerprint density at radius 2 is 1.94 bits per heavy atom. The van der Waals surface area contributed by atoms with E-state index in [0.717, 1.165) is 22.1 Å². The van der Waals surface area contributed by atoms with E-state index in [0.29, 0.717) is 36.6 Å². The van der Waals surface area contributed by atoms with Crippen molar-refractivity contribution in [3.05, 3.63) is 46.4 Å². The van der Waals surface area contributed by atoms with E-state index in [1.807, 2.05) is 25.1 Å². The van der Waals surface area contributed by atoms with Gasteiger partial charge in [-0.1, -0.05) is 15.9 Å². The molecular weight excluding hydrogens is 462 g/mol. The van der Waals surface area contributed by atoms with Crippen molar-refractivity contribution in [3.8, 4) is 5.75 Å². The molecule has 0 radical (unpaired) electrons. The van der Waals surface area contributed by atoms with Crippen LogP contribution in [0.5, 0.6) is 5.75 Å². The molecule has 31 heavy (non-hydrogen) atoms. The van der Waals surface area contributed by atoms with Crippen molar-refractivity contribution in [3.63, 3.8) is 0 Å². The van der Waals surface area contributed by atoms with Gasteiger partial charge in [-0.15, -0.1) is 0 Å². The van der Waals surface area contributed by atoms with E-state index < -0.39 is 5.92 Å². The maximum atomic E-state index is 12.8. The number of carbonyl (C=O) groups is 3. The predicted molar refractivity (Wildman–Crippen MR) is 123 cm³/mol. The first kappa shape index (κ1) is 21.4. The van der Waals surface area contributed by atoms with Gasteiger partial charge in [0.15, 0.2) is 0 Å². The number of nitrogens with one attached hydrogen (secondary N) is 1. The van der Waals surface area contributed by atoms with Crippen LogP contribution >= 0.6 is 15.9 Å². The van der Waals surface area contributed by atoms with Gasteiger partial charge in [0.2, 0.25) is 17.7 Å². The largest absolute Gasteiger partial charge is 0.494 e. The highest BCUT2D eigenvalue weighted by Gasteiger charge is 2.35. The third kappa shape index (κ3) is 4.30. The topological polar surface area (TPSA) is 79.0 Å². The molecule has 0 bridgehead atoms. The molecule has 2 heterocycles. The van der Waals surface area contributed by atoms with Gasteiger partial charge in [0.25, 0.3) is 0 Å². The maximum absolute atomic E-state index is 12.8. The first-order valence-corrected chi connectivity index (χ1v) is 11.0. The summed E-state index contributed by atoms with van der Waals surface area (Å²) in [6.07, 6.45) is 1.52. The van der Waals surface area contributed by atoms with Crippen LogP contribution in [0.2, 0.25) is 0 Å². The normalized spacial score (nSPS) is 18.6. The Labute approximate surface area is 189 Å². The summed E-state index contributed by atoms with van der Waals surface area (Å²) in [6, 6.07) is 11.0. The minimum atomic E-state index is -0.442. The Bertz CT molecular complexity index is 1060. The standard InChI is InChI=1S/C23H24BrN3O4/c1-14-10-17(6-7-18(14)24)27-13-15(11-22(27)29)23(30)25-16-5-8-19(20(12-16)31-2)26-9-3-4-21(26)28/h5-8,10,12,15H,3-4,9,11,13H2,1-2H3,(H,25,30). The highest BCUT2D eigenvalue weighted by atomic mass is 79.9. The predicted octanol–water partition coefficient (Wildman–Crippen LogP) is 3.88. The zero-order chi connectivity index (χ0) is 22.1. The number of benzene rings is 2. The van der Waals surface area contributed by atoms with Crippen LogP contribution in [0.4, 0.5) is 17.1 Å². The number of rotatable bonds is 5. The van der Waals surface area contributed by atoms with Crippen molar-refractivity contribution in [2.45, 2.75) is 26.2 Å².